The molecule has 170 valence electrons. The van der Waals surface area contributed by atoms with Crippen molar-refractivity contribution < 1.29 is 4.74 Å². The van der Waals surface area contributed by atoms with Crippen molar-refractivity contribution in [2.75, 3.05) is 6.61 Å². The second-order valence-electron chi connectivity index (χ2n) is 10.0. The average molecular weight is 421 g/mol. The van der Waals surface area contributed by atoms with Crippen LogP contribution in [0.3, 0.4) is 0 Å². The van der Waals surface area contributed by atoms with Gasteiger partial charge in [0.15, 0.2) is 0 Å². The van der Waals surface area contributed by atoms with E-state index >= 15 is 0 Å². The SMILES string of the molecule is CCCCOc1ccc(C#CC=CC2CCC(CCC3CCC(CC)CC3)CC2)cc1. The lowest BCUT2D eigenvalue weighted by atomic mass is 9.75. The zero-order valence-electron chi connectivity index (χ0n) is 20.1. The van der Waals surface area contributed by atoms with Gasteiger partial charge < -0.3 is 4.74 Å². The molecule has 2 aliphatic rings. The maximum absolute atomic E-state index is 5.71. The van der Waals surface area contributed by atoms with Gasteiger partial charge in [-0.05, 0) is 86.1 Å². The van der Waals surface area contributed by atoms with E-state index < -0.39 is 0 Å². The largest absolute Gasteiger partial charge is 0.494 e. The normalized spacial score (nSPS) is 26.4. The van der Waals surface area contributed by atoms with Crippen LogP contribution in [0.4, 0.5) is 0 Å². The third kappa shape index (κ3) is 8.76. The van der Waals surface area contributed by atoms with E-state index in [2.05, 4.69) is 50.0 Å². The molecular formula is C30H44O. The molecule has 1 nitrogen and oxygen atoms in total. The van der Waals surface area contributed by atoms with Gasteiger partial charge in [-0.2, -0.15) is 0 Å². The van der Waals surface area contributed by atoms with Gasteiger partial charge in [0.25, 0.3) is 0 Å². The number of unbranched alkanes of at least 4 members (excludes halogenated alkanes) is 1. The molecule has 1 aromatic rings. The molecule has 0 aliphatic heterocycles. The number of allylic oxidation sites excluding steroid dienone is 2. The Kier molecular flexibility index (Phi) is 10.6. The molecule has 0 aromatic heterocycles. The van der Waals surface area contributed by atoms with Crippen molar-refractivity contribution in [3.8, 4) is 17.6 Å². The van der Waals surface area contributed by atoms with Crippen molar-refractivity contribution >= 4 is 0 Å². The highest BCUT2D eigenvalue weighted by Gasteiger charge is 2.23. The van der Waals surface area contributed by atoms with Crippen molar-refractivity contribution in [3.05, 3.63) is 42.0 Å². The third-order valence-corrected chi connectivity index (χ3v) is 7.71. The molecule has 0 saturated heterocycles. The van der Waals surface area contributed by atoms with Crippen LogP contribution in [0.5, 0.6) is 5.75 Å². The predicted molar refractivity (Wildman–Crippen MR) is 133 cm³/mol. The Hall–Kier alpha value is -1.68. The molecule has 0 N–H and O–H groups in total. The van der Waals surface area contributed by atoms with Gasteiger partial charge in [0, 0.05) is 5.56 Å². The van der Waals surface area contributed by atoms with Gasteiger partial charge in [0.1, 0.15) is 5.75 Å². The van der Waals surface area contributed by atoms with Gasteiger partial charge in [0.2, 0.25) is 0 Å². The first-order valence-electron chi connectivity index (χ1n) is 13.2. The van der Waals surface area contributed by atoms with Crippen LogP contribution in [0.1, 0.15) is 103 Å². The second-order valence-corrected chi connectivity index (χ2v) is 10.0. The van der Waals surface area contributed by atoms with E-state index in [-0.39, 0.29) is 0 Å². The Bertz CT molecular complexity index is 688. The molecule has 0 atom stereocenters. The zero-order valence-corrected chi connectivity index (χ0v) is 20.1. The second kappa shape index (κ2) is 13.7. The van der Waals surface area contributed by atoms with Crippen molar-refractivity contribution in [2.24, 2.45) is 23.7 Å². The first-order chi connectivity index (χ1) is 15.3. The van der Waals surface area contributed by atoms with Crippen molar-refractivity contribution in [2.45, 2.75) is 97.3 Å². The summed E-state index contributed by atoms with van der Waals surface area (Å²) in [6.45, 7) is 5.35. The molecule has 0 unspecified atom stereocenters. The van der Waals surface area contributed by atoms with Crippen LogP contribution < -0.4 is 4.74 Å². The molecular weight excluding hydrogens is 376 g/mol. The fraction of sp³-hybridized carbons (Fsp3) is 0.667. The van der Waals surface area contributed by atoms with Gasteiger partial charge in [0.05, 0.1) is 6.61 Å². The van der Waals surface area contributed by atoms with Crippen LogP contribution in [-0.4, -0.2) is 6.61 Å². The summed E-state index contributed by atoms with van der Waals surface area (Å²) in [6.07, 6.45) is 22.6. The van der Waals surface area contributed by atoms with E-state index in [4.69, 9.17) is 4.74 Å². The topological polar surface area (TPSA) is 9.23 Å². The van der Waals surface area contributed by atoms with E-state index in [9.17, 15) is 0 Å². The first kappa shape index (κ1) is 24.0. The highest BCUT2D eigenvalue weighted by atomic mass is 16.5. The molecule has 0 radical (unpaired) electrons. The van der Waals surface area contributed by atoms with Gasteiger partial charge in [-0.1, -0.05) is 83.1 Å². The Morgan fingerprint density at radius 3 is 2.06 bits per heavy atom. The van der Waals surface area contributed by atoms with Crippen LogP contribution in [-0.2, 0) is 0 Å². The molecule has 0 amide bonds. The van der Waals surface area contributed by atoms with Gasteiger partial charge in [-0.3, -0.25) is 0 Å². The number of hydrogen-bond acceptors (Lipinski definition) is 1. The lowest BCUT2D eigenvalue weighted by molar-refractivity contribution is 0.224. The fourth-order valence-corrected chi connectivity index (χ4v) is 5.35. The summed E-state index contributed by atoms with van der Waals surface area (Å²) in [7, 11) is 0. The minimum absolute atomic E-state index is 0.736. The maximum atomic E-state index is 5.71. The predicted octanol–water partition coefficient (Wildman–Crippen LogP) is 8.58. The summed E-state index contributed by atoms with van der Waals surface area (Å²) < 4.78 is 5.71. The van der Waals surface area contributed by atoms with Crippen LogP contribution in [0, 0.1) is 35.5 Å². The van der Waals surface area contributed by atoms with Crippen molar-refractivity contribution in [3.63, 3.8) is 0 Å². The first-order valence-corrected chi connectivity index (χ1v) is 13.2. The maximum Gasteiger partial charge on any atom is 0.119 e. The fourth-order valence-electron chi connectivity index (χ4n) is 5.35. The molecule has 31 heavy (non-hydrogen) atoms. The highest BCUT2D eigenvalue weighted by molar-refractivity contribution is 5.40. The number of hydrogen-bond donors (Lipinski definition) is 0. The van der Waals surface area contributed by atoms with Crippen LogP contribution >= 0.6 is 0 Å². The standard InChI is InChI=1S/C30H44O/c1-3-5-24-31-30-22-20-27(21-23-30)9-7-6-8-26-14-16-29(17-15-26)19-18-28-12-10-25(4-2)11-13-28/h6,8,20-23,25-26,28-29H,3-5,10-19,24H2,1-2H3. The minimum Gasteiger partial charge on any atom is -0.494 e. The van der Waals surface area contributed by atoms with Crippen LogP contribution in [0.25, 0.3) is 0 Å². The molecule has 2 aliphatic carbocycles. The molecule has 1 aromatic carbocycles. The lowest BCUT2D eigenvalue weighted by Crippen LogP contribution is -2.17. The van der Waals surface area contributed by atoms with Crippen LogP contribution in [0.15, 0.2) is 36.4 Å². The summed E-state index contributed by atoms with van der Waals surface area (Å²) in [6, 6.07) is 8.17. The highest BCUT2D eigenvalue weighted by Crippen LogP contribution is 2.37. The quantitative estimate of drug-likeness (QED) is 0.287. The molecule has 0 spiro atoms. The summed E-state index contributed by atoms with van der Waals surface area (Å²) in [5.41, 5.74) is 1.06. The molecule has 0 heterocycles. The van der Waals surface area contributed by atoms with E-state index in [0.717, 1.165) is 54.4 Å². The monoisotopic (exact) mass is 420 g/mol. The number of benzene rings is 1. The molecule has 3 rings (SSSR count). The summed E-state index contributed by atoms with van der Waals surface area (Å²) in [5.74, 6) is 11.2. The minimum atomic E-state index is 0.736. The summed E-state index contributed by atoms with van der Waals surface area (Å²) in [5, 5.41) is 0. The summed E-state index contributed by atoms with van der Waals surface area (Å²) in [4.78, 5) is 0. The Labute approximate surface area is 192 Å². The molecule has 2 fully saturated rings. The molecule has 2 saturated carbocycles. The Balaban J connectivity index is 1.31. The Morgan fingerprint density at radius 1 is 0.839 bits per heavy atom. The summed E-state index contributed by atoms with van der Waals surface area (Å²) >= 11 is 0. The Morgan fingerprint density at radius 2 is 1.45 bits per heavy atom. The molecule has 0 bridgehead atoms. The van der Waals surface area contributed by atoms with E-state index in [1.54, 1.807) is 0 Å². The van der Waals surface area contributed by atoms with E-state index in [1.807, 2.05) is 12.1 Å². The van der Waals surface area contributed by atoms with E-state index in [1.165, 1.54) is 70.6 Å². The van der Waals surface area contributed by atoms with Gasteiger partial charge in [-0.15, -0.1) is 0 Å². The van der Waals surface area contributed by atoms with Crippen molar-refractivity contribution in [1.29, 1.82) is 0 Å². The van der Waals surface area contributed by atoms with Crippen LogP contribution in [0.2, 0.25) is 0 Å². The zero-order chi connectivity index (χ0) is 21.7. The van der Waals surface area contributed by atoms with Gasteiger partial charge >= 0.3 is 0 Å². The third-order valence-electron chi connectivity index (χ3n) is 7.71. The lowest BCUT2D eigenvalue weighted by Gasteiger charge is -2.31. The average Bonchev–Trinajstić information content (AvgIpc) is 2.82. The smallest absolute Gasteiger partial charge is 0.119 e. The number of rotatable bonds is 9. The molecule has 1 heteroatoms. The van der Waals surface area contributed by atoms with E-state index in [0.29, 0.717) is 0 Å². The van der Waals surface area contributed by atoms with Crippen molar-refractivity contribution in [1.82, 2.24) is 0 Å². The number of ether oxygens (including phenoxy) is 1. The van der Waals surface area contributed by atoms with Gasteiger partial charge in [-0.25, -0.2) is 0 Å².